The number of benzene rings is 1. The summed E-state index contributed by atoms with van der Waals surface area (Å²) in [6.45, 7) is 5.81. The fourth-order valence-corrected chi connectivity index (χ4v) is 3.40. The van der Waals surface area contributed by atoms with E-state index in [1.165, 1.54) is 25.8 Å². The van der Waals surface area contributed by atoms with Gasteiger partial charge in [0.2, 0.25) is 0 Å². The standard InChI is InChI=1S/C21H34N4O2/c1-17-8-4-6-14-25(17)15-7-5-13-22-21(27)23-16-18-9-11-19(12-10-18)20(26)24(2)3/h9-12,17H,4-8,13-16H2,1-3H3,(H2,22,23,27). The van der Waals surface area contributed by atoms with Crippen molar-refractivity contribution in [2.45, 2.75) is 51.6 Å². The Morgan fingerprint density at radius 3 is 2.52 bits per heavy atom. The van der Waals surface area contributed by atoms with Crippen LogP contribution in [0.3, 0.4) is 0 Å². The van der Waals surface area contributed by atoms with Gasteiger partial charge in [-0.15, -0.1) is 0 Å². The first kappa shape index (κ1) is 21.2. The maximum absolute atomic E-state index is 11.9. The van der Waals surface area contributed by atoms with Crippen molar-refractivity contribution in [3.05, 3.63) is 35.4 Å². The second-order valence-electron chi connectivity index (χ2n) is 7.59. The molecule has 27 heavy (non-hydrogen) atoms. The molecule has 1 heterocycles. The first-order valence-corrected chi connectivity index (χ1v) is 10.0. The van der Waals surface area contributed by atoms with Crippen LogP contribution in [0.25, 0.3) is 0 Å². The Balaban J connectivity index is 1.58. The van der Waals surface area contributed by atoms with Crippen molar-refractivity contribution < 1.29 is 9.59 Å². The highest BCUT2D eigenvalue weighted by molar-refractivity contribution is 5.93. The highest BCUT2D eigenvalue weighted by Gasteiger charge is 2.17. The van der Waals surface area contributed by atoms with Gasteiger partial charge in [0.15, 0.2) is 0 Å². The first-order valence-electron chi connectivity index (χ1n) is 10.0. The predicted molar refractivity (Wildman–Crippen MR) is 109 cm³/mol. The molecule has 0 bridgehead atoms. The van der Waals surface area contributed by atoms with Crippen molar-refractivity contribution in [3.8, 4) is 0 Å². The Morgan fingerprint density at radius 2 is 1.85 bits per heavy atom. The lowest BCUT2D eigenvalue weighted by Crippen LogP contribution is -2.38. The van der Waals surface area contributed by atoms with Gasteiger partial charge in [-0.1, -0.05) is 18.6 Å². The van der Waals surface area contributed by atoms with Gasteiger partial charge in [0.25, 0.3) is 5.91 Å². The zero-order valence-electron chi connectivity index (χ0n) is 17.0. The smallest absolute Gasteiger partial charge is 0.315 e. The number of unbranched alkanes of at least 4 members (excludes halogenated alkanes) is 1. The molecule has 0 saturated carbocycles. The summed E-state index contributed by atoms with van der Waals surface area (Å²) >= 11 is 0. The maximum Gasteiger partial charge on any atom is 0.315 e. The molecule has 150 valence electrons. The van der Waals surface area contributed by atoms with Gasteiger partial charge >= 0.3 is 6.03 Å². The van der Waals surface area contributed by atoms with Crippen LogP contribution in [0.2, 0.25) is 0 Å². The van der Waals surface area contributed by atoms with Crippen LogP contribution < -0.4 is 10.6 Å². The Morgan fingerprint density at radius 1 is 1.11 bits per heavy atom. The molecule has 2 rings (SSSR count). The van der Waals surface area contributed by atoms with E-state index >= 15 is 0 Å². The number of hydrogen-bond acceptors (Lipinski definition) is 3. The minimum Gasteiger partial charge on any atom is -0.345 e. The largest absolute Gasteiger partial charge is 0.345 e. The number of hydrogen-bond donors (Lipinski definition) is 2. The summed E-state index contributed by atoms with van der Waals surface area (Å²) in [5, 5.41) is 5.78. The van der Waals surface area contributed by atoms with Crippen LogP contribution in [0, 0.1) is 0 Å². The van der Waals surface area contributed by atoms with Gasteiger partial charge in [-0.3, -0.25) is 4.79 Å². The molecule has 1 saturated heterocycles. The molecule has 2 N–H and O–H groups in total. The van der Waals surface area contributed by atoms with E-state index in [0.717, 1.165) is 24.9 Å². The third kappa shape index (κ3) is 7.21. The Hall–Kier alpha value is -2.08. The first-order chi connectivity index (χ1) is 13.0. The van der Waals surface area contributed by atoms with E-state index < -0.39 is 0 Å². The summed E-state index contributed by atoms with van der Waals surface area (Å²) in [5.41, 5.74) is 1.62. The SMILES string of the molecule is CC1CCCCN1CCCCNC(=O)NCc1ccc(C(=O)N(C)C)cc1. The number of rotatable bonds is 8. The molecule has 1 aromatic rings. The van der Waals surface area contributed by atoms with Crippen LogP contribution in [0.15, 0.2) is 24.3 Å². The van der Waals surface area contributed by atoms with E-state index in [4.69, 9.17) is 0 Å². The second-order valence-corrected chi connectivity index (χ2v) is 7.59. The molecule has 1 atom stereocenters. The van der Waals surface area contributed by atoms with E-state index in [1.54, 1.807) is 31.1 Å². The van der Waals surface area contributed by atoms with Gasteiger partial charge in [0, 0.05) is 38.8 Å². The summed E-state index contributed by atoms with van der Waals surface area (Å²) in [5.74, 6) is -0.0220. The van der Waals surface area contributed by atoms with Gasteiger partial charge in [-0.25, -0.2) is 4.79 Å². The van der Waals surface area contributed by atoms with Crippen LogP contribution in [0.5, 0.6) is 0 Å². The number of carbonyl (C=O) groups is 2. The average Bonchev–Trinajstić information content (AvgIpc) is 2.67. The molecular weight excluding hydrogens is 340 g/mol. The Bertz CT molecular complexity index is 601. The van der Waals surface area contributed by atoms with Crippen molar-refractivity contribution >= 4 is 11.9 Å². The summed E-state index contributed by atoms with van der Waals surface area (Å²) in [7, 11) is 3.46. The molecule has 1 fully saturated rings. The van der Waals surface area contributed by atoms with Gasteiger partial charge in [0.1, 0.15) is 0 Å². The molecule has 1 aliphatic rings. The average molecular weight is 375 g/mol. The van der Waals surface area contributed by atoms with Crippen molar-refractivity contribution in [3.63, 3.8) is 0 Å². The van der Waals surface area contributed by atoms with Crippen LogP contribution in [-0.4, -0.2) is 61.5 Å². The molecule has 1 aromatic carbocycles. The highest BCUT2D eigenvalue weighted by Crippen LogP contribution is 2.16. The van der Waals surface area contributed by atoms with E-state index in [-0.39, 0.29) is 11.9 Å². The molecule has 1 aliphatic heterocycles. The van der Waals surface area contributed by atoms with Gasteiger partial charge in [-0.05, 0) is 63.4 Å². The second kappa shape index (κ2) is 10.9. The molecule has 0 aromatic heterocycles. The van der Waals surface area contributed by atoms with Crippen molar-refractivity contribution in [2.75, 3.05) is 33.7 Å². The number of amides is 3. The number of carbonyl (C=O) groups excluding carboxylic acids is 2. The summed E-state index contributed by atoms with van der Waals surface area (Å²) in [6.07, 6.45) is 6.10. The molecule has 0 radical (unpaired) electrons. The van der Waals surface area contributed by atoms with Crippen molar-refractivity contribution in [1.29, 1.82) is 0 Å². The van der Waals surface area contributed by atoms with Crippen LogP contribution >= 0.6 is 0 Å². The lowest BCUT2D eigenvalue weighted by molar-refractivity contribution is 0.0827. The predicted octanol–water partition coefficient (Wildman–Crippen LogP) is 2.84. The van der Waals surface area contributed by atoms with E-state index in [9.17, 15) is 9.59 Å². The molecule has 3 amide bonds. The van der Waals surface area contributed by atoms with E-state index in [0.29, 0.717) is 24.7 Å². The third-order valence-electron chi connectivity index (χ3n) is 5.16. The number of piperidine rings is 1. The fraction of sp³-hybridized carbons (Fsp3) is 0.619. The third-order valence-corrected chi connectivity index (χ3v) is 5.16. The number of nitrogens with zero attached hydrogens (tertiary/aromatic N) is 2. The Kier molecular flexibility index (Phi) is 8.58. The minimum absolute atomic E-state index is 0.0220. The van der Waals surface area contributed by atoms with Crippen LogP contribution in [0.4, 0.5) is 4.79 Å². The normalized spacial score (nSPS) is 17.4. The molecule has 6 heteroatoms. The van der Waals surface area contributed by atoms with Crippen molar-refractivity contribution in [1.82, 2.24) is 20.4 Å². The Labute approximate surface area is 163 Å². The van der Waals surface area contributed by atoms with E-state index in [2.05, 4.69) is 22.5 Å². The van der Waals surface area contributed by atoms with Gasteiger partial charge in [0.05, 0.1) is 0 Å². The van der Waals surface area contributed by atoms with Crippen LogP contribution in [-0.2, 0) is 6.54 Å². The summed E-state index contributed by atoms with van der Waals surface area (Å²) < 4.78 is 0. The molecule has 0 spiro atoms. The fourth-order valence-electron chi connectivity index (χ4n) is 3.40. The topological polar surface area (TPSA) is 64.7 Å². The minimum atomic E-state index is -0.144. The van der Waals surface area contributed by atoms with Gasteiger partial charge < -0.3 is 20.4 Å². The monoisotopic (exact) mass is 374 g/mol. The highest BCUT2D eigenvalue weighted by atomic mass is 16.2. The van der Waals surface area contributed by atoms with E-state index in [1.807, 2.05) is 12.1 Å². The van der Waals surface area contributed by atoms with Crippen LogP contribution in [0.1, 0.15) is 54.9 Å². The number of urea groups is 1. The zero-order valence-corrected chi connectivity index (χ0v) is 17.0. The maximum atomic E-state index is 11.9. The number of likely N-dealkylation sites (tertiary alicyclic amines) is 1. The number of nitrogens with one attached hydrogen (secondary N) is 2. The molecule has 6 nitrogen and oxygen atoms in total. The quantitative estimate of drug-likeness (QED) is 0.688. The lowest BCUT2D eigenvalue weighted by Gasteiger charge is -2.33. The zero-order chi connectivity index (χ0) is 19.6. The van der Waals surface area contributed by atoms with Gasteiger partial charge in [-0.2, -0.15) is 0 Å². The molecule has 0 aliphatic carbocycles. The molecule has 1 unspecified atom stereocenters. The van der Waals surface area contributed by atoms with Crippen molar-refractivity contribution in [2.24, 2.45) is 0 Å². The molecular formula is C21H34N4O2. The summed E-state index contributed by atoms with van der Waals surface area (Å²) in [6, 6.07) is 7.88. The lowest BCUT2D eigenvalue weighted by atomic mass is 10.0. The summed E-state index contributed by atoms with van der Waals surface area (Å²) in [4.78, 5) is 27.9.